The highest BCUT2D eigenvalue weighted by molar-refractivity contribution is 9.10. The van der Waals surface area contributed by atoms with Crippen LogP contribution >= 0.6 is 15.9 Å². The maximum atomic E-state index is 11.7. The van der Waals surface area contributed by atoms with E-state index in [9.17, 15) is 13.5 Å². The summed E-state index contributed by atoms with van der Waals surface area (Å²) in [4.78, 5) is 0. The summed E-state index contributed by atoms with van der Waals surface area (Å²) in [5, 5.41) is 10.3. The highest BCUT2D eigenvalue weighted by Gasteiger charge is 2.25. The third-order valence-corrected chi connectivity index (χ3v) is 4.81. The predicted octanol–water partition coefficient (Wildman–Crippen LogP) is 2.38. The standard InChI is InChI=1S/C13H20BrNO3S/c1-3-4-9-19(17,18)15-10-13(2,16)11-5-7-12(14)8-6-11/h5-8,15-16H,3-4,9-10H2,1-2H3. The Morgan fingerprint density at radius 1 is 1.32 bits per heavy atom. The Labute approximate surface area is 123 Å². The highest BCUT2D eigenvalue weighted by atomic mass is 79.9. The second-order valence-electron chi connectivity index (χ2n) is 4.77. The highest BCUT2D eigenvalue weighted by Crippen LogP contribution is 2.22. The van der Waals surface area contributed by atoms with Gasteiger partial charge in [-0.1, -0.05) is 41.4 Å². The van der Waals surface area contributed by atoms with Crippen molar-refractivity contribution >= 4 is 26.0 Å². The number of sulfonamides is 1. The zero-order chi connectivity index (χ0) is 14.5. The van der Waals surface area contributed by atoms with Crippen LogP contribution in [-0.4, -0.2) is 25.8 Å². The average molecular weight is 350 g/mol. The molecule has 4 nitrogen and oxygen atoms in total. The molecule has 108 valence electrons. The summed E-state index contributed by atoms with van der Waals surface area (Å²) in [5.41, 5.74) is -0.547. The summed E-state index contributed by atoms with van der Waals surface area (Å²) >= 11 is 3.32. The van der Waals surface area contributed by atoms with Gasteiger partial charge in [0.25, 0.3) is 0 Å². The summed E-state index contributed by atoms with van der Waals surface area (Å²) in [6.07, 6.45) is 1.44. The largest absolute Gasteiger partial charge is 0.384 e. The van der Waals surface area contributed by atoms with Gasteiger partial charge in [-0.3, -0.25) is 0 Å². The SMILES string of the molecule is CCCCS(=O)(=O)NCC(C)(O)c1ccc(Br)cc1. The van der Waals surface area contributed by atoms with Gasteiger partial charge in [0.05, 0.1) is 5.75 Å². The van der Waals surface area contributed by atoms with E-state index in [0.29, 0.717) is 12.0 Å². The smallest absolute Gasteiger partial charge is 0.211 e. The molecular formula is C13H20BrNO3S. The van der Waals surface area contributed by atoms with E-state index in [-0.39, 0.29) is 12.3 Å². The fourth-order valence-electron chi connectivity index (χ4n) is 1.57. The zero-order valence-corrected chi connectivity index (χ0v) is 13.6. The van der Waals surface area contributed by atoms with Crippen LogP contribution < -0.4 is 4.72 Å². The molecule has 0 saturated carbocycles. The minimum Gasteiger partial charge on any atom is -0.384 e. The quantitative estimate of drug-likeness (QED) is 0.794. The minimum atomic E-state index is -3.31. The van der Waals surface area contributed by atoms with Crippen molar-refractivity contribution < 1.29 is 13.5 Å². The second-order valence-corrected chi connectivity index (χ2v) is 7.62. The van der Waals surface area contributed by atoms with Crippen LogP contribution in [0.15, 0.2) is 28.7 Å². The fraction of sp³-hybridized carbons (Fsp3) is 0.538. The number of hydrogen-bond acceptors (Lipinski definition) is 3. The van der Waals surface area contributed by atoms with Gasteiger partial charge in [0, 0.05) is 11.0 Å². The number of nitrogens with one attached hydrogen (secondary N) is 1. The molecule has 0 spiro atoms. The molecule has 1 aromatic carbocycles. The van der Waals surface area contributed by atoms with E-state index in [1.807, 2.05) is 19.1 Å². The second kappa shape index (κ2) is 6.83. The lowest BCUT2D eigenvalue weighted by Crippen LogP contribution is -2.39. The van der Waals surface area contributed by atoms with Gasteiger partial charge in [0.15, 0.2) is 0 Å². The maximum absolute atomic E-state index is 11.7. The van der Waals surface area contributed by atoms with Crippen molar-refractivity contribution in [3.8, 4) is 0 Å². The number of halogens is 1. The Morgan fingerprint density at radius 3 is 2.42 bits per heavy atom. The molecule has 0 amide bonds. The van der Waals surface area contributed by atoms with E-state index >= 15 is 0 Å². The first-order valence-corrected chi connectivity index (χ1v) is 8.67. The van der Waals surface area contributed by atoms with Gasteiger partial charge in [0.1, 0.15) is 5.60 Å². The maximum Gasteiger partial charge on any atom is 0.211 e. The summed E-state index contributed by atoms with van der Waals surface area (Å²) in [5.74, 6) is 0.0971. The van der Waals surface area contributed by atoms with Gasteiger partial charge in [0.2, 0.25) is 10.0 Å². The van der Waals surface area contributed by atoms with Crippen LogP contribution in [0.1, 0.15) is 32.3 Å². The molecule has 0 heterocycles. The number of benzene rings is 1. The molecule has 1 atom stereocenters. The van der Waals surface area contributed by atoms with Crippen LogP contribution in [0.25, 0.3) is 0 Å². The fourth-order valence-corrected chi connectivity index (χ4v) is 3.15. The Kier molecular flexibility index (Phi) is 5.98. The van der Waals surface area contributed by atoms with Crippen molar-refractivity contribution in [2.24, 2.45) is 0 Å². The van der Waals surface area contributed by atoms with E-state index < -0.39 is 15.6 Å². The van der Waals surface area contributed by atoms with Gasteiger partial charge in [-0.25, -0.2) is 13.1 Å². The molecule has 0 radical (unpaired) electrons. The van der Waals surface area contributed by atoms with E-state index in [4.69, 9.17) is 0 Å². The van der Waals surface area contributed by atoms with Gasteiger partial charge in [-0.15, -0.1) is 0 Å². The molecule has 6 heteroatoms. The van der Waals surface area contributed by atoms with Gasteiger partial charge in [-0.05, 0) is 31.0 Å². The minimum absolute atomic E-state index is 0.0271. The molecule has 0 aliphatic carbocycles. The Hall–Kier alpha value is -0.430. The zero-order valence-electron chi connectivity index (χ0n) is 11.2. The summed E-state index contributed by atoms with van der Waals surface area (Å²) < 4.78 is 26.8. The molecule has 1 unspecified atom stereocenters. The molecule has 0 fully saturated rings. The number of hydrogen-bond donors (Lipinski definition) is 2. The lowest BCUT2D eigenvalue weighted by atomic mass is 9.97. The van der Waals surface area contributed by atoms with Crippen molar-refractivity contribution in [3.05, 3.63) is 34.3 Å². The third-order valence-electron chi connectivity index (χ3n) is 2.87. The lowest BCUT2D eigenvalue weighted by molar-refractivity contribution is 0.0627. The molecule has 1 rings (SSSR count). The van der Waals surface area contributed by atoms with E-state index in [0.717, 1.165) is 10.9 Å². The van der Waals surface area contributed by atoms with Gasteiger partial charge < -0.3 is 5.11 Å². The van der Waals surface area contributed by atoms with Gasteiger partial charge >= 0.3 is 0 Å². The summed E-state index contributed by atoms with van der Waals surface area (Å²) in [6.45, 7) is 3.51. The van der Waals surface area contributed by atoms with Crippen LogP contribution in [0.4, 0.5) is 0 Å². The molecular weight excluding hydrogens is 330 g/mol. The summed E-state index contributed by atoms with van der Waals surface area (Å²) in [7, 11) is -3.31. The average Bonchev–Trinajstić information content (AvgIpc) is 2.35. The first kappa shape index (κ1) is 16.6. The number of aliphatic hydroxyl groups is 1. The normalized spacial score (nSPS) is 15.2. The Balaban J connectivity index is 2.67. The van der Waals surface area contributed by atoms with E-state index in [1.165, 1.54) is 0 Å². The van der Waals surface area contributed by atoms with Crippen molar-refractivity contribution in [2.45, 2.75) is 32.3 Å². The molecule has 0 aromatic heterocycles. The Bertz CT molecular complexity index is 497. The summed E-state index contributed by atoms with van der Waals surface area (Å²) in [6, 6.07) is 7.17. The number of unbranched alkanes of at least 4 members (excludes halogenated alkanes) is 1. The van der Waals surface area contributed by atoms with Crippen molar-refractivity contribution in [1.29, 1.82) is 0 Å². The first-order valence-electron chi connectivity index (χ1n) is 6.22. The molecule has 1 aromatic rings. The van der Waals surface area contributed by atoms with Crippen LogP contribution in [0.5, 0.6) is 0 Å². The number of rotatable bonds is 7. The van der Waals surface area contributed by atoms with Crippen molar-refractivity contribution in [2.75, 3.05) is 12.3 Å². The van der Waals surface area contributed by atoms with E-state index in [2.05, 4.69) is 20.7 Å². The van der Waals surface area contributed by atoms with Crippen molar-refractivity contribution in [1.82, 2.24) is 4.72 Å². The third kappa shape index (κ3) is 5.60. The lowest BCUT2D eigenvalue weighted by Gasteiger charge is -2.24. The van der Waals surface area contributed by atoms with Gasteiger partial charge in [-0.2, -0.15) is 0 Å². The van der Waals surface area contributed by atoms with Crippen LogP contribution in [0.3, 0.4) is 0 Å². The molecule has 0 aliphatic heterocycles. The van der Waals surface area contributed by atoms with Crippen LogP contribution in [0, 0.1) is 0 Å². The predicted molar refractivity (Wildman–Crippen MR) is 80.4 cm³/mol. The van der Waals surface area contributed by atoms with E-state index in [1.54, 1.807) is 19.1 Å². The molecule has 2 N–H and O–H groups in total. The Morgan fingerprint density at radius 2 is 1.89 bits per heavy atom. The molecule has 0 aliphatic rings. The van der Waals surface area contributed by atoms with Crippen LogP contribution in [-0.2, 0) is 15.6 Å². The monoisotopic (exact) mass is 349 g/mol. The molecule has 0 bridgehead atoms. The topological polar surface area (TPSA) is 66.4 Å². The molecule has 19 heavy (non-hydrogen) atoms. The molecule has 0 saturated heterocycles. The van der Waals surface area contributed by atoms with Crippen LogP contribution in [0.2, 0.25) is 0 Å². The van der Waals surface area contributed by atoms with Crippen molar-refractivity contribution in [3.63, 3.8) is 0 Å². The first-order chi connectivity index (χ1) is 8.77.